The van der Waals surface area contributed by atoms with E-state index in [2.05, 4.69) is 10.4 Å². The molecule has 0 fully saturated rings. The monoisotopic (exact) mass is 437 g/mol. The molecule has 1 amide bonds. The van der Waals surface area contributed by atoms with Crippen LogP contribution in [0.4, 0.5) is 0 Å². The number of nitrogens with one attached hydrogen (secondary N) is 1. The predicted molar refractivity (Wildman–Crippen MR) is 121 cm³/mol. The predicted octanol–water partition coefficient (Wildman–Crippen LogP) is 2.69. The van der Waals surface area contributed by atoms with Gasteiger partial charge in [-0.1, -0.05) is 18.2 Å². The lowest BCUT2D eigenvalue weighted by atomic mass is 10.1. The van der Waals surface area contributed by atoms with Gasteiger partial charge in [0, 0.05) is 24.6 Å². The molecule has 168 valence electrons. The molecular formula is C24H27N3O5. The Morgan fingerprint density at radius 1 is 0.969 bits per heavy atom. The van der Waals surface area contributed by atoms with Crippen LogP contribution < -0.4 is 25.1 Å². The minimum absolute atomic E-state index is 0.147. The molecule has 0 radical (unpaired) electrons. The van der Waals surface area contributed by atoms with Crippen LogP contribution in [0.3, 0.4) is 0 Å². The molecule has 1 N–H and O–H groups in total. The Bertz CT molecular complexity index is 1130. The van der Waals surface area contributed by atoms with Crippen molar-refractivity contribution in [2.45, 2.75) is 19.4 Å². The van der Waals surface area contributed by atoms with Crippen molar-refractivity contribution < 1.29 is 19.0 Å². The zero-order valence-corrected chi connectivity index (χ0v) is 18.5. The molecule has 1 heterocycles. The maximum atomic E-state index is 12.3. The topological polar surface area (TPSA) is 91.7 Å². The number of carbonyl (C=O) groups is 1. The Morgan fingerprint density at radius 2 is 1.78 bits per heavy atom. The van der Waals surface area contributed by atoms with Crippen LogP contribution in [0.2, 0.25) is 0 Å². The van der Waals surface area contributed by atoms with Gasteiger partial charge < -0.3 is 19.5 Å². The van der Waals surface area contributed by atoms with Gasteiger partial charge in [-0.05, 0) is 42.3 Å². The van der Waals surface area contributed by atoms with E-state index in [1.165, 1.54) is 10.7 Å². The molecule has 1 aromatic heterocycles. The first-order valence-corrected chi connectivity index (χ1v) is 10.2. The molecule has 8 heteroatoms. The highest BCUT2D eigenvalue weighted by Crippen LogP contribution is 2.27. The van der Waals surface area contributed by atoms with Crippen LogP contribution in [-0.4, -0.2) is 43.6 Å². The number of nitrogens with zero attached hydrogens (tertiary/aromatic N) is 2. The van der Waals surface area contributed by atoms with Gasteiger partial charge >= 0.3 is 0 Å². The largest absolute Gasteiger partial charge is 0.497 e. The standard InChI is InChI=1S/C24H27N3O5/c1-30-19-6-4-5-18(16-19)20-8-10-24(29)27(26-20)14-12-23(28)25-13-11-17-7-9-21(31-2)22(15-17)32-3/h4-10,15-16H,11-14H2,1-3H3,(H,25,28). The molecule has 2 aromatic carbocycles. The summed E-state index contributed by atoms with van der Waals surface area (Å²) in [6, 6.07) is 16.2. The Balaban J connectivity index is 1.55. The van der Waals surface area contributed by atoms with Crippen molar-refractivity contribution >= 4 is 5.91 Å². The molecule has 0 aliphatic rings. The number of benzene rings is 2. The number of ether oxygens (including phenoxy) is 3. The van der Waals surface area contributed by atoms with Crippen molar-refractivity contribution in [3.63, 3.8) is 0 Å². The van der Waals surface area contributed by atoms with E-state index in [9.17, 15) is 9.59 Å². The van der Waals surface area contributed by atoms with E-state index >= 15 is 0 Å². The second-order valence-corrected chi connectivity index (χ2v) is 7.05. The van der Waals surface area contributed by atoms with Crippen LogP contribution in [0, 0.1) is 0 Å². The summed E-state index contributed by atoms with van der Waals surface area (Å²) in [5, 5.41) is 7.27. The first-order chi connectivity index (χ1) is 15.5. The van der Waals surface area contributed by atoms with Gasteiger partial charge in [-0.15, -0.1) is 0 Å². The summed E-state index contributed by atoms with van der Waals surface area (Å²) >= 11 is 0. The van der Waals surface area contributed by atoms with Gasteiger partial charge in [0.2, 0.25) is 5.91 Å². The fourth-order valence-electron chi connectivity index (χ4n) is 3.22. The molecule has 0 unspecified atom stereocenters. The second-order valence-electron chi connectivity index (χ2n) is 7.05. The van der Waals surface area contributed by atoms with Crippen LogP contribution in [0.1, 0.15) is 12.0 Å². The average molecular weight is 437 g/mol. The van der Waals surface area contributed by atoms with Gasteiger partial charge in [-0.25, -0.2) is 4.68 Å². The van der Waals surface area contributed by atoms with Gasteiger partial charge in [-0.3, -0.25) is 9.59 Å². The number of methoxy groups -OCH3 is 3. The number of hydrogen-bond acceptors (Lipinski definition) is 6. The van der Waals surface area contributed by atoms with Crippen molar-refractivity contribution in [3.8, 4) is 28.5 Å². The molecule has 3 rings (SSSR count). The van der Waals surface area contributed by atoms with Crippen molar-refractivity contribution in [1.29, 1.82) is 0 Å². The van der Waals surface area contributed by atoms with Crippen molar-refractivity contribution in [3.05, 3.63) is 70.5 Å². The fraction of sp³-hybridized carbons (Fsp3) is 0.292. The zero-order chi connectivity index (χ0) is 22.9. The number of rotatable bonds is 10. The molecule has 0 spiro atoms. The van der Waals surface area contributed by atoms with Crippen LogP contribution in [0.15, 0.2) is 59.4 Å². The number of hydrogen-bond donors (Lipinski definition) is 1. The lowest BCUT2D eigenvalue weighted by molar-refractivity contribution is -0.121. The smallest absolute Gasteiger partial charge is 0.266 e. The molecular weight excluding hydrogens is 410 g/mol. The first kappa shape index (κ1) is 22.9. The Hall–Kier alpha value is -3.81. The highest BCUT2D eigenvalue weighted by Gasteiger charge is 2.08. The van der Waals surface area contributed by atoms with Crippen molar-refractivity contribution in [1.82, 2.24) is 15.1 Å². The van der Waals surface area contributed by atoms with Gasteiger partial charge in [0.05, 0.1) is 33.6 Å². The normalized spacial score (nSPS) is 10.5. The van der Waals surface area contributed by atoms with Gasteiger partial charge in [0.1, 0.15) is 5.75 Å². The quantitative estimate of drug-likeness (QED) is 0.524. The van der Waals surface area contributed by atoms with Crippen molar-refractivity contribution in [2.75, 3.05) is 27.9 Å². The van der Waals surface area contributed by atoms with E-state index < -0.39 is 0 Å². The minimum atomic E-state index is -0.255. The molecule has 8 nitrogen and oxygen atoms in total. The Morgan fingerprint density at radius 3 is 2.53 bits per heavy atom. The van der Waals surface area contributed by atoms with Crippen LogP contribution in [0.25, 0.3) is 11.3 Å². The number of aromatic nitrogens is 2. The fourth-order valence-corrected chi connectivity index (χ4v) is 3.22. The lowest BCUT2D eigenvalue weighted by Crippen LogP contribution is -2.29. The Kier molecular flexibility index (Phi) is 7.85. The third kappa shape index (κ3) is 5.87. The van der Waals surface area contributed by atoms with Gasteiger partial charge in [0.15, 0.2) is 11.5 Å². The lowest BCUT2D eigenvalue weighted by Gasteiger charge is -2.10. The SMILES string of the molecule is COc1cccc(-c2ccc(=O)n(CCC(=O)NCCc3ccc(OC)c(OC)c3)n2)c1. The number of amides is 1. The molecule has 0 bridgehead atoms. The van der Waals surface area contributed by atoms with E-state index in [1.54, 1.807) is 27.4 Å². The maximum absolute atomic E-state index is 12.3. The van der Waals surface area contributed by atoms with E-state index in [4.69, 9.17) is 14.2 Å². The van der Waals surface area contributed by atoms with E-state index in [0.29, 0.717) is 35.9 Å². The summed E-state index contributed by atoms with van der Waals surface area (Å²) in [5.41, 5.74) is 2.23. The van der Waals surface area contributed by atoms with Gasteiger partial charge in [-0.2, -0.15) is 5.10 Å². The number of carbonyl (C=O) groups excluding carboxylic acids is 1. The second kappa shape index (κ2) is 11.0. The van der Waals surface area contributed by atoms with Crippen molar-refractivity contribution in [2.24, 2.45) is 0 Å². The van der Waals surface area contributed by atoms with Crippen LogP contribution >= 0.6 is 0 Å². The summed E-state index contributed by atoms with van der Waals surface area (Å²) < 4.78 is 17.1. The van der Waals surface area contributed by atoms with E-state index in [-0.39, 0.29) is 24.4 Å². The molecule has 0 atom stereocenters. The molecule has 0 aliphatic carbocycles. The summed E-state index contributed by atoms with van der Waals surface area (Å²) in [6.45, 7) is 0.666. The summed E-state index contributed by atoms with van der Waals surface area (Å²) in [7, 11) is 4.77. The minimum Gasteiger partial charge on any atom is -0.497 e. The molecule has 0 saturated heterocycles. The molecule has 0 saturated carbocycles. The first-order valence-electron chi connectivity index (χ1n) is 10.2. The molecule has 3 aromatic rings. The van der Waals surface area contributed by atoms with Crippen LogP contribution in [0.5, 0.6) is 17.2 Å². The Labute approximate surface area is 186 Å². The third-order valence-corrected chi connectivity index (χ3v) is 4.97. The van der Waals surface area contributed by atoms with E-state index in [0.717, 1.165) is 11.1 Å². The highest BCUT2D eigenvalue weighted by molar-refractivity contribution is 5.75. The third-order valence-electron chi connectivity index (χ3n) is 4.97. The molecule has 32 heavy (non-hydrogen) atoms. The molecule has 0 aliphatic heterocycles. The van der Waals surface area contributed by atoms with Gasteiger partial charge in [0.25, 0.3) is 5.56 Å². The van der Waals surface area contributed by atoms with Crippen LogP contribution in [-0.2, 0) is 17.8 Å². The maximum Gasteiger partial charge on any atom is 0.266 e. The highest BCUT2D eigenvalue weighted by atomic mass is 16.5. The van der Waals surface area contributed by atoms with E-state index in [1.807, 2.05) is 42.5 Å². The number of aryl methyl sites for hydroxylation is 1. The summed E-state index contributed by atoms with van der Waals surface area (Å²) in [5.74, 6) is 1.87. The zero-order valence-electron chi connectivity index (χ0n) is 18.5. The summed E-state index contributed by atoms with van der Waals surface area (Å²) in [4.78, 5) is 24.4. The summed E-state index contributed by atoms with van der Waals surface area (Å²) in [6.07, 6.45) is 0.802. The average Bonchev–Trinajstić information content (AvgIpc) is 2.83.